The fourth-order valence-corrected chi connectivity index (χ4v) is 5.65. The number of piperidine rings is 1. The molecule has 0 aliphatic carbocycles. The van der Waals surface area contributed by atoms with Gasteiger partial charge in [-0.05, 0) is 67.5 Å². The maximum absolute atomic E-state index is 13.2. The minimum absolute atomic E-state index is 0.00356. The van der Waals surface area contributed by atoms with E-state index in [-0.39, 0.29) is 17.9 Å². The summed E-state index contributed by atoms with van der Waals surface area (Å²) in [5.41, 5.74) is 2.40. The van der Waals surface area contributed by atoms with Crippen molar-refractivity contribution in [2.75, 3.05) is 33.2 Å². The van der Waals surface area contributed by atoms with Gasteiger partial charge in [0.25, 0.3) is 5.91 Å². The molecule has 1 aliphatic rings. The Hall–Kier alpha value is -2.78. The molecular weight excluding hydrogens is 553 g/mol. The van der Waals surface area contributed by atoms with Gasteiger partial charge in [-0.1, -0.05) is 70.5 Å². The van der Waals surface area contributed by atoms with Gasteiger partial charge < -0.3 is 15.1 Å². The van der Waals surface area contributed by atoms with Gasteiger partial charge in [-0.3, -0.25) is 9.59 Å². The average molecular weight is 587 g/mol. The number of likely N-dealkylation sites (tertiary alicyclic amines) is 1. The van der Waals surface area contributed by atoms with Crippen molar-refractivity contribution in [3.63, 3.8) is 0 Å². The first-order chi connectivity index (χ1) is 18.9. The van der Waals surface area contributed by atoms with Crippen molar-refractivity contribution in [2.45, 2.75) is 38.1 Å². The van der Waals surface area contributed by atoms with Gasteiger partial charge in [0.1, 0.15) is 10.6 Å². The molecule has 2 aromatic carbocycles. The number of rotatable bonds is 11. The van der Waals surface area contributed by atoms with Crippen LogP contribution < -0.4 is 5.32 Å². The highest BCUT2D eigenvalue weighted by molar-refractivity contribution is 7.08. The number of carbonyl (C=O) groups excluding carboxylic acids is 2. The third kappa shape index (κ3) is 8.35. The fraction of sp³-hybridized carbons (Fsp3) is 0.379. The highest BCUT2D eigenvalue weighted by Crippen LogP contribution is 2.27. The number of hydrogen-bond donors (Lipinski definition) is 1. The van der Waals surface area contributed by atoms with Crippen LogP contribution in [0.4, 0.5) is 0 Å². The van der Waals surface area contributed by atoms with Gasteiger partial charge >= 0.3 is 0 Å². The van der Waals surface area contributed by atoms with Crippen LogP contribution in [0.3, 0.4) is 0 Å². The summed E-state index contributed by atoms with van der Waals surface area (Å²) in [5, 5.41) is 8.11. The average Bonchev–Trinajstić information content (AvgIpc) is 3.45. The van der Waals surface area contributed by atoms with E-state index in [2.05, 4.69) is 19.8 Å². The first kappa shape index (κ1) is 29.2. The number of hydrogen-bond acceptors (Lipinski definition) is 6. The number of aromatic nitrogens is 2. The molecule has 1 fully saturated rings. The Morgan fingerprint density at radius 1 is 1.08 bits per heavy atom. The van der Waals surface area contributed by atoms with Crippen LogP contribution >= 0.6 is 34.7 Å². The van der Waals surface area contributed by atoms with Gasteiger partial charge in [0.15, 0.2) is 0 Å². The molecule has 0 spiro atoms. The van der Waals surface area contributed by atoms with Gasteiger partial charge in [0, 0.05) is 44.4 Å². The number of unbranched alkanes of at least 4 members (excludes halogenated alkanes) is 2. The van der Waals surface area contributed by atoms with Crippen LogP contribution in [0, 0.1) is 0 Å². The Kier molecular flexibility index (Phi) is 10.9. The normalized spacial score (nSPS) is 14.5. The van der Waals surface area contributed by atoms with Crippen molar-refractivity contribution < 1.29 is 9.59 Å². The van der Waals surface area contributed by atoms with E-state index in [1.165, 1.54) is 17.6 Å². The zero-order valence-electron chi connectivity index (χ0n) is 22.0. The first-order valence-electron chi connectivity index (χ1n) is 13.2. The van der Waals surface area contributed by atoms with Gasteiger partial charge in [-0.25, -0.2) is 0 Å². The molecule has 0 atom stereocenters. The molecule has 1 aliphatic heterocycles. The van der Waals surface area contributed by atoms with Gasteiger partial charge in [-0.2, -0.15) is 0 Å². The van der Waals surface area contributed by atoms with Gasteiger partial charge in [-0.15, -0.1) is 5.10 Å². The summed E-state index contributed by atoms with van der Waals surface area (Å²) < 4.78 is 4.05. The van der Waals surface area contributed by atoms with Crippen LogP contribution in [0.1, 0.15) is 47.3 Å². The molecule has 7 nitrogen and oxygen atoms in total. The molecule has 2 amide bonds. The summed E-state index contributed by atoms with van der Waals surface area (Å²) in [4.78, 5) is 30.2. The lowest BCUT2D eigenvalue weighted by Gasteiger charge is -2.36. The zero-order chi connectivity index (χ0) is 27.6. The van der Waals surface area contributed by atoms with Crippen LogP contribution in [-0.2, 0) is 4.79 Å². The van der Waals surface area contributed by atoms with Crippen molar-refractivity contribution in [2.24, 2.45) is 0 Å². The maximum atomic E-state index is 13.2. The number of amides is 2. The summed E-state index contributed by atoms with van der Waals surface area (Å²) in [5.74, 6) is -0.122. The van der Waals surface area contributed by atoms with E-state index in [0.29, 0.717) is 27.2 Å². The molecule has 206 valence electrons. The van der Waals surface area contributed by atoms with Crippen LogP contribution in [0.25, 0.3) is 17.3 Å². The summed E-state index contributed by atoms with van der Waals surface area (Å²) in [6, 6.07) is 15.2. The topological polar surface area (TPSA) is 78.4 Å². The smallest absolute Gasteiger partial charge is 0.267 e. The van der Waals surface area contributed by atoms with Crippen LogP contribution in [0.15, 0.2) is 54.6 Å². The third-order valence-electron chi connectivity index (χ3n) is 6.98. The van der Waals surface area contributed by atoms with Crippen molar-refractivity contribution in [1.29, 1.82) is 0 Å². The molecule has 1 N–H and O–H groups in total. The molecule has 0 unspecified atom stereocenters. The minimum atomic E-state index is -0.119. The molecule has 3 aromatic rings. The zero-order valence-corrected chi connectivity index (χ0v) is 24.3. The molecule has 4 rings (SSSR count). The molecule has 0 saturated carbocycles. The standard InChI is InChI=1S/C29H33Cl2N5O2S/c1-35(29(38)28-27(33-34-39-28)22-8-4-2-5-9-22)23-14-18-36(19-15-23)17-7-3-6-16-32-26(37)13-11-21-10-12-24(30)25(31)20-21/h2,4-5,8-13,20,23H,3,6-7,14-19H2,1H3,(H,32,37)/b13-11+. The fourth-order valence-electron chi connectivity index (χ4n) is 4.67. The van der Waals surface area contributed by atoms with E-state index in [4.69, 9.17) is 23.2 Å². The van der Waals surface area contributed by atoms with E-state index in [1.807, 2.05) is 48.3 Å². The second-order valence-corrected chi connectivity index (χ2v) is 11.2. The minimum Gasteiger partial charge on any atom is -0.353 e. The van der Waals surface area contributed by atoms with Crippen LogP contribution in [0.2, 0.25) is 10.0 Å². The first-order valence-corrected chi connectivity index (χ1v) is 14.7. The lowest BCUT2D eigenvalue weighted by molar-refractivity contribution is -0.116. The molecule has 1 aromatic heterocycles. The maximum Gasteiger partial charge on any atom is 0.267 e. The van der Waals surface area contributed by atoms with E-state index < -0.39 is 0 Å². The largest absolute Gasteiger partial charge is 0.353 e. The highest BCUT2D eigenvalue weighted by Gasteiger charge is 2.28. The van der Waals surface area contributed by atoms with E-state index in [1.54, 1.807) is 18.2 Å². The van der Waals surface area contributed by atoms with Crippen LogP contribution in [0.5, 0.6) is 0 Å². The Morgan fingerprint density at radius 3 is 2.59 bits per heavy atom. The summed E-state index contributed by atoms with van der Waals surface area (Å²) in [7, 11) is 1.89. The SMILES string of the molecule is CN(C(=O)c1snnc1-c1ccccc1)C1CCN(CCCCCNC(=O)/C=C/c2ccc(Cl)c(Cl)c2)CC1. The highest BCUT2D eigenvalue weighted by atomic mass is 35.5. The summed E-state index contributed by atoms with van der Waals surface area (Å²) in [6.07, 6.45) is 8.22. The van der Waals surface area contributed by atoms with Crippen molar-refractivity contribution in [1.82, 2.24) is 24.7 Å². The quantitative estimate of drug-likeness (QED) is 0.219. The van der Waals surface area contributed by atoms with Crippen molar-refractivity contribution >= 4 is 52.6 Å². The second-order valence-electron chi connectivity index (χ2n) is 9.66. The van der Waals surface area contributed by atoms with Crippen LogP contribution in [-0.4, -0.2) is 70.5 Å². The predicted molar refractivity (Wildman–Crippen MR) is 159 cm³/mol. The number of nitrogens with one attached hydrogen (secondary N) is 1. The lowest BCUT2D eigenvalue weighted by Crippen LogP contribution is -2.45. The number of halogens is 2. The lowest BCUT2D eigenvalue weighted by atomic mass is 10.0. The molecule has 1 saturated heterocycles. The summed E-state index contributed by atoms with van der Waals surface area (Å²) in [6.45, 7) is 3.64. The van der Waals surface area contributed by atoms with E-state index in [9.17, 15) is 9.59 Å². The Morgan fingerprint density at radius 2 is 1.85 bits per heavy atom. The Bertz CT molecular complexity index is 1280. The monoisotopic (exact) mass is 585 g/mol. The van der Waals surface area contributed by atoms with Gasteiger partial charge in [0.2, 0.25) is 5.91 Å². The molecular formula is C29H33Cl2N5O2S. The Balaban J connectivity index is 1.11. The number of nitrogens with zero attached hydrogens (tertiary/aromatic N) is 4. The van der Waals surface area contributed by atoms with Gasteiger partial charge in [0.05, 0.1) is 10.0 Å². The van der Waals surface area contributed by atoms with E-state index in [0.717, 1.165) is 62.9 Å². The van der Waals surface area contributed by atoms with Crippen molar-refractivity contribution in [3.8, 4) is 11.3 Å². The molecule has 2 heterocycles. The molecule has 0 radical (unpaired) electrons. The van der Waals surface area contributed by atoms with E-state index >= 15 is 0 Å². The predicted octanol–water partition coefficient (Wildman–Crippen LogP) is 6.05. The number of carbonyl (C=O) groups is 2. The Labute approximate surface area is 244 Å². The molecule has 0 bridgehead atoms. The number of benzene rings is 2. The summed E-state index contributed by atoms with van der Waals surface area (Å²) >= 11 is 13.1. The third-order valence-corrected chi connectivity index (χ3v) is 8.43. The molecule has 10 heteroatoms. The second kappa shape index (κ2) is 14.6. The molecule has 39 heavy (non-hydrogen) atoms. The van der Waals surface area contributed by atoms with Crippen molar-refractivity contribution in [3.05, 3.63) is 75.1 Å².